The highest BCUT2D eigenvalue weighted by atomic mass is 16.5. The number of carbonyl (C=O) groups excluding carboxylic acids is 1. The van der Waals surface area contributed by atoms with E-state index in [9.17, 15) is 9.59 Å². The number of aryl methyl sites for hydroxylation is 1. The Hall–Kier alpha value is -1.72. The van der Waals surface area contributed by atoms with Gasteiger partial charge in [-0.2, -0.15) is 0 Å². The van der Waals surface area contributed by atoms with E-state index in [0.29, 0.717) is 6.61 Å². The van der Waals surface area contributed by atoms with Crippen LogP contribution in [0.15, 0.2) is 4.79 Å². The van der Waals surface area contributed by atoms with Gasteiger partial charge in [-0.1, -0.05) is 13.3 Å². The summed E-state index contributed by atoms with van der Waals surface area (Å²) in [7, 11) is 1.53. The number of aromatic nitrogens is 2. The van der Waals surface area contributed by atoms with Gasteiger partial charge in [0.1, 0.15) is 0 Å². The van der Waals surface area contributed by atoms with Gasteiger partial charge in [0.2, 0.25) is 5.75 Å². The molecule has 0 radical (unpaired) electrons. The molecule has 17 heavy (non-hydrogen) atoms. The van der Waals surface area contributed by atoms with Crippen molar-refractivity contribution in [3.63, 3.8) is 0 Å². The highest BCUT2D eigenvalue weighted by molar-refractivity contribution is 5.90. The summed E-state index contributed by atoms with van der Waals surface area (Å²) >= 11 is 0. The molecule has 1 heterocycles. The summed E-state index contributed by atoms with van der Waals surface area (Å²) in [5.41, 5.74) is -0.278. The van der Waals surface area contributed by atoms with E-state index in [4.69, 9.17) is 9.47 Å². The Labute approximate surface area is 99.5 Å². The van der Waals surface area contributed by atoms with Crippen molar-refractivity contribution in [1.82, 2.24) is 9.78 Å². The van der Waals surface area contributed by atoms with Crippen molar-refractivity contribution in [2.75, 3.05) is 13.2 Å². The summed E-state index contributed by atoms with van der Waals surface area (Å²) in [6.45, 7) is 4.39. The van der Waals surface area contributed by atoms with Crippen LogP contribution in [0, 0.1) is 0 Å². The fourth-order valence-corrected chi connectivity index (χ4v) is 1.32. The molecule has 0 unspecified atom stereocenters. The van der Waals surface area contributed by atoms with Crippen molar-refractivity contribution in [3.05, 3.63) is 16.0 Å². The standard InChI is InChI=1S/C11H18N2O4/c1-4-6-7-17-9-8(11(15)16-5-2)12-13(3)10(9)14/h12H,4-7H2,1-3H3. The second kappa shape index (κ2) is 6.12. The van der Waals surface area contributed by atoms with E-state index in [0.717, 1.165) is 12.8 Å². The number of carbonyl (C=O) groups is 1. The van der Waals surface area contributed by atoms with Crippen molar-refractivity contribution in [3.8, 4) is 5.75 Å². The molecule has 1 rings (SSSR count). The number of hydrogen-bond acceptors (Lipinski definition) is 4. The molecule has 0 aliphatic heterocycles. The third-order valence-electron chi connectivity index (χ3n) is 2.23. The number of H-pyrrole nitrogens is 1. The first-order valence-electron chi connectivity index (χ1n) is 5.70. The average Bonchev–Trinajstić information content (AvgIpc) is 2.58. The predicted octanol–water partition coefficient (Wildman–Crippen LogP) is 1.07. The smallest absolute Gasteiger partial charge is 0.360 e. The van der Waals surface area contributed by atoms with Crippen LogP contribution in [0.3, 0.4) is 0 Å². The van der Waals surface area contributed by atoms with Gasteiger partial charge in [0.25, 0.3) is 0 Å². The molecule has 0 spiro atoms. The Kier molecular flexibility index (Phi) is 4.81. The van der Waals surface area contributed by atoms with Crippen LogP contribution in [0.1, 0.15) is 37.2 Å². The first-order chi connectivity index (χ1) is 8.11. The molecule has 0 saturated carbocycles. The van der Waals surface area contributed by atoms with Crippen molar-refractivity contribution >= 4 is 5.97 Å². The number of nitrogens with one attached hydrogen (secondary N) is 1. The van der Waals surface area contributed by atoms with E-state index >= 15 is 0 Å². The van der Waals surface area contributed by atoms with Gasteiger partial charge >= 0.3 is 11.5 Å². The van der Waals surface area contributed by atoms with Crippen molar-refractivity contribution in [1.29, 1.82) is 0 Å². The lowest BCUT2D eigenvalue weighted by Gasteiger charge is -2.04. The zero-order chi connectivity index (χ0) is 12.8. The van der Waals surface area contributed by atoms with Gasteiger partial charge in [0.15, 0.2) is 5.69 Å². The Balaban J connectivity index is 2.92. The molecule has 0 aromatic carbocycles. The van der Waals surface area contributed by atoms with E-state index in [-0.39, 0.29) is 23.6 Å². The molecule has 0 atom stereocenters. The molecule has 0 aliphatic rings. The van der Waals surface area contributed by atoms with E-state index in [2.05, 4.69) is 5.10 Å². The molecule has 1 aromatic rings. The summed E-state index contributed by atoms with van der Waals surface area (Å²) < 4.78 is 11.4. The molecule has 0 bridgehead atoms. The summed E-state index contributed by atoms with van der Waals surface area (Å²) in [5.74, 6) is -0.531. The largest absolute Gasteiger partial charge is 0.486 e. The summed E-state index contributed by atoms with van der Waals surface area (Å²) in [5, 5.41) is 2.63. The van der Waals surface area contributed by atoms with Gasteiger partial charge in [-0.25, -0.2) is 4.79 Å². The zero-order valence-electron chi connectivity index (χ0n) is 10.4. The van der Waals surface area contributed by atoms with Gasteiger partial charge in [-0.15, -0.1) is 0 Å². The summed E-state index contributed by atoms with van der Waals surface area (Å²) in [6, 6.07) is 0. The Morgan fingerprint density at radius 2 is 2.12 bits per heavy atom. The number of hydrogen-bond donors (Lipinski definition) is 1. The Morgan fingerprint density at radius 1 is 1.41 bits per heavy atom. The second-order valence-corrected chi connectivity index (χ2v) is 3.60. The molecule has 0 saturated heterocycles. The Morgan fingerprint density at radius 3 is 2.71 bits per heavy atom. The minimum Gasteiger partial charge on any atom is -0.486 e. The van der Waals surface area contributed by atoms with Crippen LogP contribution in [0.25, 0.3) is 0 Å². The Bertz CT molecular complexity index is 433. The van der Waals surface area contributed by atoms with Gasteiger partial charge < -0.3 is 9.47 Å². The van der Waals surface area contributed by atoms with Gasteiger partial charge in [0.05, 0.1) is 13.2 Å². The molecular weight excluding hydrogens is 224 g/mol. The maximum Gasteiger partial charge on any atom is 0.360 e. The molecular formula is C11H18N2O4. The maximum atomic E-state index is 11.7. The molecule has 6 nitrogen and oxygen atoms in total. The van der Waals surface area contributed by atoms with Crippen LogP contribution in [0.5, 0.6) is 5.75 Å². The van der Waals surface area contributed by atoms with Crippen LogP contribution in [-0.2, 0) is 11.8 Å². The fourth-order valence-electron chi connectivity index (χ4n) is 1.32. The topological polar surface area (TPSA) is 73.3 Å². The lowest BCUT2D eigenvalue weighted by atomic mass is 10.3. The normalized spacial score (nSPS) is 10.3. The van der Waals surface area contributed by atoms with E-state index in [1.54, 1.807) is 6.92 Å². The van der Waals surface area contributed by atoms with Gasteiger partial charge in [-0.3, -0.25) is 14.6 Å². The maximum absolute atomic E-state index is 11.7. The quantitative estimate of drug-likeness (QED) is 0.598. The van der Waals surface area contributed by atoms with Crippen LogP contribution < -0.4 is 10.3 Å². The predicted molar refractivity (Wildman–Crippen MR) is 62.4 cm³/mol. The summed E-state index contributed by atoms with van der Waals surface area (Å²) in [4.78, 5) is 23.3. The van der Waals surface area contributed by atoms with E-state index in [1.165, 1.54) is 11.7 Å². The number of nitrogens with zero attached hydrogens (tertiary/aromatic N) is 1. The van der Waals surface area contributed by atoms with Crippen LogP contribution in [0.2, 0.25) is 0 Å². The molecule has 0 amide bonds. The number of unbranched alkanes of at least 4 members (excludes halogenated alkanes) is 1. The van der Waals surface area contributed by atoms with Crippen molar-refractivity contribution < 1.29 is 14.3 Å². The molecule has 96 valence electrons. The molecule has 1 aromatic heterocycles. The highest BCUT2D eigenvalue weighted by Crippen LogP contribution is 2.12. The average molecular weight is 242 g/mol. The zero-order valence-corrected chi connectivity index (χ0v) is 10.4. The number of rotatable bonds is 6. The second-order valence-electron chi connectivity index (χ2n) is 3.60. The SMILES string of the molecule is CCCCOc1c(C(=O)OCC)[nH]n(C)c1=O. The number of esters is 1. The first-order valence-corrected chi connectivity index (χ1v) is 5.70. The lowest BCUT2D eigenvalue weighted by molar-refractivity contribution is 0.0514. The van der Waals surface area contributed by atoms with Crippen LogP contribution in [0.4, 0.5) is 0 Å². The van der Waals surface area contributed by atoms with Crippen molar-refractivity contribution in [2.45, 2.75) is 26.7 Å². The number of aromatic amines is 1. The minimum absolute atomic E-state index is 0.0411. The van der Waals surface area contributed by atoms with Gasteiger partial charge in [0, 0.05) is 7.05 Å². The third-order valence-corrected chi connectivity index (χ3v) is 2.23. The highest BCUT2D eigenvalue weighted by Gasteiger charge is 2.21. The third kappa shape index (κ3) is 3.12. The van der Waals surface area contributed by atoms with E-state index < -0.39 is 5.97 Å². The van der Waals surface area contributed by atoms with Crippen LogP contribution >= 0.6 is 0 Å². The molecule has 1 N–H and O–H groups in total. The molecule has 0 aliphatic carbocycles. The van der Waals surface area contributed by atoms with Crippen molar-refractivity contribution in [2.24, 2.45) is 7.05 Å². The fraction of sp³-hybridized carbons (Fsp3) is 0.636. The molecule has 6 heteroatoms. The van der Waals surface area contributed by atoms with Gasteiger partial charge in [-0.05, 0) is 13.3 Å². The monoisotopic (exact) mass is 242 g/mol. The van der Waals surface area contributed by atoms with E-state index in [1.807, 2.05) is 6.92 Å². The lowest BCUT2D eigenvalue weighted by Crippen LogP contribution is -2.15. The van der Waals surface area contributed by atoms with Crippen LogP contribution in [-0.4, -0.2) is 29.0 Å². The number of ether oxygens (including phenoxy) is 2. The first kappa shape index (κ1) is 13.3. The summed E-state index contributed by atoms with van der Waals surface area (Å²) in [6.07, 6.45) is 1.79. The minimum atomic E-state index is -0.573. The molecule has 0 fully saturated rings.